The molecule has 92 valence electrons. The highest BCUT2D eigenvalue weighted by Gasteiger charge is 2.31. The molecular weight excluding hydrogens is 212 g/mol. The van der Waals surface area contributed by atoms with E-state index in [9.17, 15) is 0 Å². The maximum Gasteiger partial charge on any atom is 0.152 e. The summed E-state index contributed by atoms with van der Waals surface area (Å²) in [5, 5.41) is 0. The van der Waals surface area contributed by atoms with Gasteiger partial charge in [-0.2, -0.15) is 0 Å². The molecule has 1 aromatic rings. The molecule has 1 aromatic heterocycles. The van der Waals surface area contributed by atoms with Gasteiger partial charge in [0.05, 0.1) is 5.69 Å². The minimum absolute atomic E-state index is 0.840. The van der Waals surface area contributed by atoms with Gasteiger partial charge in [0, 0.05) is 38.4 Å². The topological polar surface area (TPSA) is 45.4 Å². The van der Waals surface area contributed by atoms with Crippen molar-refractivity contribution in [2.75, 3.05) is 36.8 Å². The molecule has 1 aliphatic carbocycles. The van der Waals surface area contributed by atoms with Crippen LogP contribution in [0.2, 0.25) is 0 Å². The number of nitrogens with zero attached hydrogens (tertiary/aromatic N) is 3. The first kappa shape index (κ1) is 10.8. The molecule has 0 amide bonds. The van der Waals surface area contributed by atoms with Crippen molar-refractivity contribution in [2.45, 2.75) is 25.8 Å². The molecular formula is C13H20N4. The molecule has 1 aliphatic heterocycles. The number of rotatable bonds is 2. The van der Waals surface area contributed by atoms with E-state index in [4.69, 9.17) is 5.73 Å². The normalized spacial score (nSPS) is 21.8. The standard InChI is InChI=1S/C13H20N4/c1-10-4-5-15-13(12(10)14)17-8-6-16(7-9-17)11-2-3-11/h4-5,11H,2-3,6-9,14H2,1H3. The summed E-state index contributed by atoms with van der Waals surface area (Å²) in [5.74, 6) is 0.973. The van der Waals surface area contributed by atoms with E-state index in [0.29, 0.717) is 0 Å². The number of aryl methyl sites for hydroxylation is 1. The Kier molecular flexibility index (Phi) is 2.67. The van der Waals surface area contributed by atoms with E-state index in [2.05, 4.69) is 14.8 Å². The second-order valence-electron chi connectivity index (χ2n) is 5.12. The first-order valence-electron chi connectivity index (χ1n) is 6.46. The summed E-state index contributed by atoms with van der Waals surface area (Å²) in [6.07, 6.45) is 4.64. The van der Waals surface area contributed by atoms with Crippen molar-refractivity contribution in [1.29, 1.82) is 0 Å². The van der Waals surface area contributed by atoms with Crippen LogP contribution in [0.15, 0.2) is 12.3 Å². The number of hydrogen-bond acceptors (Lipinski definition) is 4. The molecule has 0 radical (unpaired) electrons. The van der Waals surface area contributed by atoms with Gasteiger partial charge in [-0.3, -0.25) is 4.90 Å². The van der Waals surface area contributed by atoms with Crippen LogP contribution >= 0.6 is 0 Å². The molecule has 3 rings (SSSR count). The number of hydrogen-bond donors (Lipinski definition) is 1. The van der Waals surface area contributed by atoms with Crippen molar-refractivity contribution >= 4 is 11.5 Å². The summed E-state index contributed by atoms with van der Waals surface area (Å²) in [7, 11) is 0. The summed E-state index contributed by atoms with van der Waals surface area (Å²) in [4.78, 5) is 9.35. The fourth-order valence-electron chi connectivity index (χ4n) is 2.55. The van der Waals surface area contributed by atoms with Gasteiger partial charge >= 0.3 is 0 Å². The molecule has 0 aromatic carbocycles. The van der Waals surface area contributed by atoms with E-state index >= 15 is 0 Å². The largest absolute Gasteiger partial charge is 0.396 e. The van der Waals surface area contributed by atoms with Gasteiger partial charge < -0.3 is 10.6 Å². The van der Waals surface area contributed by atoms with E-state index in [0.717, 1.165) is 49.3 Å². The Bertz CT molecular complexity index is 406. The minimum Gasteiger partial charge on any atom is -0.396 e. The Morgan fingerprint density at radius 1 is 1.24 bits per heavy atom. The molecule has 2 fully saturated rings. The Labute approximate surface area is 102 Å². The number of nitrogens with two attached hydrogens (primary N) is 1. The fraction of sp³-hybridized carbons (Fsp3) is 0.615. The summed E-state index contributed by atoms with van der Waals surface area (Å²) < 4.78 is 0. The maximum absolute atomic E-state index is 6.10. The second kappa shape index (κ2) is 4.18. The van der Waals surface area contributed by atoms with Gasteiger partial charge in [-0.05, 0) is 31.4 Å². The van der Waals surface area contributed by atoms with Gasteiger partial charge in [-0.25, -0.2) is 4.98 Å². The van der Waals surface area contributed by atoms with Crippen molar-refractivity contribution in [1.82, 2.24) is 9.88 Å². The third-order valence-corrected chi connectivity index (χ3v) is 3.86. The fourth-order valence-corrected chi connectivity index (χ4v) is 2.55. The van der Waals surface area contributed by atoms with Crippen molar-refractivity contribution < 1.29 is 0 Å². The van der Waals surface area contributed by atoms with E-state index in [-0.39, 0.29) is 0 Å². The summed E-state index contributed by atoms with van der Waals surface area (Å²) in [5.41, 5.74) is 8.07. The van der Waals surface area contributed by atoms with Crippen LogP contribution in [-0.4, -0.2) is 42.1 Å². The van der Waals surface area contributed by atoms with Crippen LogP contribution in [0.25, 0.3) is 0 Å². The van der Waals surface area contributed by atoms with E-state index in [1.807, 2.05) is 19.2 Å². The van der Waals surface area contributed by atoms with Crippen LogP contribution in [0.4, 0.5) is 11.5 Å². The zero-order valence-electron chi connectivity index (χ0n) is 10.4. The molecule has 17 heavy (non-hydrogen) atoms. The van der Waals surface area contributed by atoms with E-state index in [1.165, 1.54) is 12.8 Å². The number of anilines is 2. The van der Waals surface area contributed by atoms with Crippen molar-refractivity contribution in [3.05, 3.63) is 17.8 Å². The van der Waals surface area contributed by atoms with Gasteiger partial charge in [-0.15, -0.1) is 0 Å². The third kappa shape index (κ3) is 2.09. The van der Waals surface area contributed by atoms with Gasteiger partial charge in [0.2, 0.25) is 0 Å². The van der Waals surface area contributed by atoms with Crippen molar-refractivity contribution in [3.63, 3.8) is 0 Å². The van der Waals surface area contributed by atoms with Gasteiger partial charge in [0.15, 0.2) is 5.82 Å². The lowest BCUT2D eigenvalue weighted by Crippen LogP contribution is -2.47. The van der Waals surface area contributed by atoms with Gasteiger partial charge in [-0.1, -0.05) is 0 Å². The number of aromatic nitrogens is 1. The Morgan fingerprint density at radius 3 is 2.59 bits per heavy atom. The van der Waals surface area contributed by atoms with Crippen LogP contribution in [-0.2, 0) is 0 Å². The molecule has 1 saturated carbocycles. The molecule has 2 N–H and O–H groups in total. The molecule has 4 nitrogen and oxygen atoms in total. The zero-order chi connectivity index (χ0) is 11.8. The highest BCUT2D eigenvalue weighted by atomic mass is 15.3. The average molecular weight is 232 g/mol. The van der Waals surface area contributed by atoms with Crippen LogP contribution in [0.5, 0.6) is 0 Å². The number of nitrogen functional groups attached to an aromatic ring is 1. The number of pyridine rings is 1. The molecule has 4 heteroatoms. The Morgan fingerprint density at radius 2 is 1.94 bits per heavy atom. The molecule has 0 spiro atoms. The third-order valence-electron chi connectivity index (χ3n) is 3.86. The first-order valence-corrected chi connectivity index (χ1v) is 6.46. The lowest BCUT2D eigenvalue weighted by atomic mass is 10.2. The van der Waals surface area contributed by atoms with Crippen molar-refractivity contribution in [2.24, 2.45) is 0 Å². The van der Waals surface area contributed by atoms with E-state index < -0.39 is 0 Å². The summed E-state index contributed by atoms with van der Waals surface area (Å²) in [6, 6.07) is 2.85. The summed E-state index contributed by atoms with van der Waals surface area (Å²) >= 11 is 0. The smallest absolute Gasteiger partial charge is 0.152 e. The lowest BCUT2D eigenvalue weighted by molar-refractivity contribution is 0.247. The van der Waals surface area contributed by atoms with Gasteiger partial charge in [0.25, 0.3) is 0 Å². The monoisotopic (exact) mass is 232 g/mol. The molecule has 0 atom stereocenters. The molecule has 2 heterocycles. The van der Waals surface area contributed by atoms with Crippen LogP contribution < -0.4 is 10.6 Å². The van der Waals surface area contributed by atoms with Gasteiger partial charge in [0.1, 0.15) is 0 Å². The highest BCUT2D eigenvalue weighted by Crippen LogP contribution is 2.29. The Hall–Kier alpha value is -1.29. The average Bonchev–Trinajstić information content (AvgIpc) is 3.17. The Balaban J connectivity index is 1.71. The maximum atomic E-state index is 6.10. The van der Waals surface area contributed by atoms with Crippen molar-refractivity contribution in [3.8, 4) is 0 Å². The molecule has 1 saturated heterocycles. The van der Waals surface area contributed by atoms with Crippen LogP contribution in [0.1, 0.15) is 18.4 Å². The summed E-state index contributed by atoms with van der Waals surface area (Å²) in [6.45, 7) is 6.45. The van der Waals surface area contributed by atoms with Crippen LogP contribution in [0.3, 0.4) is 0 Å². The quantitative estimate of drug-likeness (QED) is 0.833. The second-order valence-corrected chi connectivity index (χ2v) is 5.12. The van der Waals surface area contributed by atoms with E-state index in [1.54, 1.807) is 0 Å². The predicted molar refractivity (Wildman–Crippen MR) is 70.2 cm³/mol. The molecule has 2 aliphatic rings. The SMILES string of the molecule is Cc1ccnc(N2CCN(C3CC3)CC2)c1N. The predicted octanol–water partition coefficient (Wildman–Crippen LogP) is 1.26. The lowest BCUT2D eigenvalue weighted by Gasteiger charge is -2.36. The van der Waals surface area contributed by atoms with Crippen LogP contribution in [0, 0.1) is 6.92 Å². The minimum atomic E-state index is 0.840. The highest BCUT2D eigenvalue weighted by molar-refractivity contribution is 5.66. The number of piperazine rings is 1. The first-order chi connectivity index (χ1) is 8.25. The molecule has 0 unspecified atom stereocenters. The molecule has 0 bridgehead atoms. The zero-order valence-corrected chi connectivity index (χ0v) is 10.4.